The van der Waals surface area contributed by atoms with Crippen LogP contribution in [0.25, 0.3) is 0 Å². The van der Waals surface area contributed by atoms with E-state index in [2.05, 4.69) is 5.32 Å². The van der Waals surface area contributed by atoms with E-state index in [1.807, 2.05) is 24.3 Å². The SMILES string of the molecule is COc1ccccc1NC(=O)C1CCC(N)C1.Cl. The molecule has 2 rings (SSSR count). The summed E-state index contributed by atoms with van der Waals surface area (Å²) < 4.78 is 5.19. The summed E-state index contributed by atoms with van der Waals surface area (Å²) in [6, 6.07) is 7.59. The van der Waals surface area contributed by atoms with Gasteiger partial charge in [0.05, 0.1) is 12.8 Å². The number of methoxy groups -OCH3 is 1. The summed E-state index contributed by atoms with van der Waals surface area (Å²) in [6.07, 6.45) is 2.59. The highest BCUT2D eigenvalue weighted by atomic mass is 35.5. The molecule has 0 radical (unpaired) electrons. The van der Waals surface area contributed by atoms with Crippen LogP contribution in [0.1, 0.15) is 19.3 Å². The van der Waals surface area contributed by atoms with Crippen LogP contribution in [0.4, 0.5) is 5.69 Å². The number of hydrogen-bond donors (Lipinski definition) is 2. The van der Waals surface area contributed by atoms with Crippen molar-refractivity contribution in [1.29, 1.82) is 0 Å². The molecule has 2 unspecified atom stereocenters. The molecule has 0 heterocycles. The molecule has 18 heavy (non-hydrogen) atoms. The van der Waals surface area contributed by atoms with E-state index < -0.39 is 0 Å². The minimum atomic E-state index is 0. The van der Waals surface area contributed by atoms with Crippen molar-refractivity contribution < 1.29 is 9.53 Å². The van der Waals surface area contributed by atoms with Crippen LogP contribution in [0.2, 0.25) is 0 Å². The maximum atomic E-state index is 12.0. The Balaban J connectivity index is 0.00000162. The molecular formula is C13H19ClN2O2. The van der Waals surface area contributed by atoms with Gasteiger partial charge in [-0.15, -0.1) is 12.4 Å². The van der Waals surface area contributed by atoms with Crippen molar-refractivity contribution in [1.82, 2.24) is 0 Å². The van der Waals surface area contributed by atoms with E-state index in [0.29, 0.717) is 5.75 Å². The summed E-state index contributed by atoms with van der Waals surface area (Å²) in [4.78, 5) is 12.0. The number of para-hydroxylation sites is 2. The second kappa shape index (κ2) is 6.61. The van der Waals surface area contributed by atoms with Crippen LogP contribution in [0.15, 0.2) is 24.3 Å². The number of rotatable bonds is 3. The predicted molar refractivity (Wildman–Crippen MR) is 74.2 cm³/mol. The van der Waals surface area contributed by atoms with Crippen LogP contribution in [0.5, 0.6) is 5.75 Å². The minimum Gasteiger partial charge on any atom is -0.495 e. The average molecular weight is 271 g/mol. The highest BCUT2D eigenvalue weighted by Crippen LogP contribution is 2.28. The number of nitrogens with one attached hydrogen (secondary N) is 1. The lowest BCUT2D eigenvalue weighted by Crippen LogP contribution is -2.23. The van der Waals surface area contributed by atoms with Crippen molar-refractivity contribution in [2.45, 2.75) is 25.3 Å². The van der Waals surface area contributed by atoms with E-state index in [9.17, 15) is 4.79 Å². The summed E-state index contributed by atoms with van der Waals surface area (Å²) in [7, 11) is 1.59. The normalized spacial score (nSPS) is 22.1. The Morgan fingerprint density at radius 1 is 1.39 bits per heavy atom. The number of hydrogen-bond acceptors (Lipinski definition) is 3. The van der Waals surface area contributed by atoms with E-state index >= 15 is 0 Å². The molecule has 1 amide bonds. The van der Waals surface area contributed by atoms with Crippen molar-refractivity contribution in [3.8, 4) is 5.75 Å². The average Bonchev–Trinajstić information content (AvgIpc) is 2.77. The summed E-state index contributed by atoms with van der Waals surface area (Å²) in [6.45, 7) is 0. The number of ether oxygens (including phenoxy) is 1. The molecule has 2 atom stereocenters. The molecule has 100 valence electrons. The Morgan fingerprint density at radius 2 is 2.11 bits per heavy atom. The fourth-order valence-corrected chi connectivity index (χ4v) is 2.24. The fraction of sp³-hybridized carbons (Fsp3) is 0.462. The summed E-state index contributed by atoms with van der Waals surface area (Å²) in [5.74, 6) is 0.764. The van der Waals surface area contributed by atoms with Gasteiger partial charge >= 0.3 is 0 Å². The Morgan fingerprint density at radius 3 is 2.72 bits per heavy atom. The third-order valence-corrected chi connectivity index (χ3v) is 3.21. The third kappa shape index (κ3) is 3.37. The third-order valence-electron chi connectivity index (χ3n) is 3.21. The van der Waals surface area contributed by atoms with Gasteiger partial charge in [-0.3, -0.25) is 4.79 Å². The van der Waals surface area contributed by atoms with E-state index in [1.165, 1.54) is 0 Å². The van der Waals surface area contributed by atoms with E-state index in [-0.39, 0.29) is 30.3 Å². The van der Waals surface area contributed by atoms with Gasteiger partial charge in [0.15, 0.2) is 0 Å². The van der Waals surface area contributed by atoms with Gasteiger partial charge < -0.3 is 15.8 Å². The zero-order valence-corrected chi connectivity index (χ0v) is 11.2. The first-order valence-electron chi connectivity index (χ1n) is 5.90. The first-order chi connectivity index (χ1) is 8.20. The first-order valence-corrected chi connectivity index (χ1v) is 5.90. The number of nitrogens with two attached hydrogens (primary N) is 1. The molecule has 0 bridgehead atoms. The predicted octanol–water partition coefficient (Wildman–Crippen LogP) is 2.18. The number of amides is 1. The Bertz CT molecular complexity index is 412. The number of halogens is 1. The van der Waals surface area contributed by atoms with Gasteiger partial charge in [-0.2, -0.15) is 0 Å². The summed E-state index contributed by atoms with van der Waals surface area (Å²) in [5.41, 5.74) is 6.53. The zero-order chi connectivity index (χ0) is 12.3. The number of carbonyl (C=O) groups excluding carboxylic acids is 1. The fourth-order valence-electron chi connectivity index (χ4n) is 2.24. The molecule has 1 aliphatic rings. The summed E-state index contributed by atoms with van der Waals surface area (Å²) in [5, 5.41) is 2.90. The first kappa shape index (κ1) is 14.8. The van der Waals surface area contributed by atoms with Crippen molar-refractivity contribution >= 4 is 24.0 Å². The van der Waals surface area contributed by atoms with Gasteiger partial charge in [-0.05, 0) is 31.4 Å². The Kier molecular flexibility index (Phi) is 5.44. The van der Waals surface area contributed by atoms with E-state index in [4.69, 9.17) is 10.5 Å². The van der Waals surface area contributed by atoms with Crippen molar-refractivity contribution in [3.63, 3.8) is 0 Å². The van der Waals surface area contributed by atoms with Crippen molar-refractivity contribution in [2.24, 2.45) is 11.7 Å². The topological polar surface area (TPSA) is 64.3 Å². The molecule has 0 spiro atoms. The van der Waals surface area contributed by atoms with Crippen LogP contribution < -0.4 is 15.8 Å². The Labute approximate surface area is 113 Å². The lowest BCUT2D eigenvalue weighted by molar-refractivity contribution is -0.119. The van der Waals surface area contributed by atoms with Crippen molar-refractivity contribution in [3.05, 3.63) is 24.3 Å². The smallest absolute Gasteiger partial charge is 0.227 e. The zero-order valence-electron chi connectivity index (χ0n) is 10.4. The molecule has 3 N–H and O–H groups in total. The van der Waals surface area contributed by atoms with Crippen molar-refractivity contribution in [2.75, 3.05) is 12.4 Å². The van der Waals surface area contributed by atoms with Gasteiger partial charge in [0, 0.05) is 12.0 Å². The van der Waals surface area contributed by atoms with Gasteiger partial charge in [-0.1, -0.05) is 12.1 Å². The van der Waals surface area contributed by atoms with Gasteiger partial charge in [0.2, 0.25) is 5.91 Å². The minimum absolute atomic E-state index is 0. The van der Waals surface area contributed by atoms with E-state index in [1.54, 1.807) is 7.11 Å². The lowest BCUT2D eigenvalue weighted by atomic mass is 10.1. The van der Waals surface area contributed by atoms with Crippen LogP contribution in [-0.4, -0.2) is 19.1 Å². The number of carbonyl (C=O) groups is 1. The second-order valence-electron chi connectivity index (χ2n) is 4.46. The second-order valence-corrected chi connectivity index (χ2v) is 4.46. The molecule has 1 aromatic carbocycles. The molecule has 1 aliphatic carbocycles. The van der Waals surface area contributed by atoms with Gasteiger partial charge in [0.1, 0.15) is 5.75 Å². The largest absolute Gasteiger partial charge is 0.495 e. The highest BCUT2D eigenvalue weighted by molar-refractivity contribution is 5.94. The molecule has 4 nitrogen and oxygen atoms in total. The monoisotopic (exact) mass is 270 g/mol. The number of anilines is 1. The molecule has 5 heteroatoms. The lowest BCUT2D eigenvalue weighted by Gasteiger charge is -2.13. The molecule has 1 aromatic rings. The standard InChI is InChI=1S/C13H18N2O2.ClH/c1-17-12-5-3-2-4-11(12)15-13(16)9-6-7-10(14)8-9;/h2-5,9-10H,6-8,14H2,1H3,(H,15,16);1H. The van der Waals surface area contributed by atoms with E-state index in [0.717, 1.165) is 24.9 Å². The molecule has 0 saturated heterocycles. The maximum Gasteiger partial charge on any atom is 0.227 e. The maximum absolute atomic E-state index is 12.0. The molecule has 0 aromatic heterocycles. The molecule has 0 aliphatic heterocycles. The van der Waals surface area contributed by atoms with Gasteiger partial charge in [-0.25, -0.2) is 0 Å². The molecular weight excluding hydrogens is 252 g/mol. The Hall–Kier alpha value is -1.26. The molecule has 1 saturated carbocycles. The number of benzene rings is 1. The van der Waals surface area contributed by atoms with Crippen LogP contribution in [0.3, 0.4) is 0 Å². The van der Waals surface area contributed by atoms with Crippen LogP contribution in [-0.2, 0) is 4.79 Å². The van der Waals surface area contributed by atoms with Gasteiger partial charge in [0.25, 0.3) is 0 Å². The van der Waals surface area contributed by atoms with Crippen LogP contribution >= 0.6 is 12.4 Å². The highest BCUT2D eigenvalue weighted by Gasteiger charge is 2.28. The molecule has 1 fully saturated rings. The summed E-state index contributed by atoms with van der Waals surface area (Å²) >= 11 is 0. The quantitative estimate of drug-likeness (QED) is 0.885. The van der Waals surface area contributed by atoms with Crippen LogP contribution in [0, 0.1) is 5.92 Å².